The molecule has 15 rings (SSSR count). The Morgan fingerprint density at radius 3 is 0.986 bits per heavy atom. The van der Waals surface area contributed by atoms with Crippen molar-refractivity contribution in [2.75, 3.05) is 0 Å². The lowest BCUT2D eigenvalue weighted by atomic mass is 9.92. The van der Waals surface area contributed by atoms with E-state index in [9.17, 15) is 0 Å². The zero-order valence-corrected chi connectivity index (χ0v) is 37.3. The molecule has 0 spiro atoms. The van der Waals surface area contributed by atoms with E-state index in [1.54, 1.807) is 0 Å². The molecular weight excluding hydrogens is 861 g/mol. The smallest absolute Gasteiger partial charge is 0.165 e. The second kappa shape index (κ2) is 14.9. The maximum Gasteiger partial charge on any atom is 0.165 e. The van der Waals surface area contributed by atoms with Gasteiger partial charge in [-0.15, -0.1) is 0 Å². The molecule has 326 valence electrons. The van der Waals surface area contributed by atoms with Gasteiger partial charge in [0.25, 0.3) is 0 Å². The number of nitrogens with zero attached hydrogens (tertiary/aromatic N) is 10. The van der Waals surface area contributed by atoms with E-state index in [2.05, 4.69) is 181 Å². The average Bonchev–Trinajstić information content (AvgIpc) is 4.16. The largest absolute Gasteiger partial charge is 0.305 e. The maximum atomic E-state index is 6.29. The fraction of sp³-hybridized carbons (Fsp3) is 0. The quantitative estimate of drug-likeness (QED) is 0.165. The molecule has 0 bridgehead atoms. The Balaban J connectivity index is 1.30. The predicted molar refractivity (Wildman–Crippen MR) is 281 cm³/mol. The Bertz CT molecular complexity index is 4150. The Morgan fingerprint density at radius 2 is 0.571 bits per heavy atom. The van der Waals surface area contributed by atoms with Crippen molar-refractivity contribution in [1.82, 2.24) is 48.2 Å². The van der Waals surface area contributed by atoms with Crippen LogP contribution in [-0.4, -0.2) is 48.2 Å². The Labute approximate surface area is 398 Å². The predicted octanol–water partition coefficient (Wildman–Crippen LogP) is 13.8. The van der Waals surface area contributed by atoms with E-state index < -0.39 is 0 Å². The highest BCUT2D eigenvalue weighted by atomic mass is 15.2. The molecule has 10 nitrogen and oxygen atoms in total. The molecule has 0 fully saturated rings. The summed E-state index contributed by atoms with van der Waals surface area (Å²) in [4.78, 5) is 29.6. The Kier molecular flexibility index (Phi) is 8.13. The molecule has 0 atom stereocenters. The molecule has 15 aromatic rings. The maximum absolute atomic E-state index is 6.29. The van der Waals surface area contributed by atoms with E-state index in [4.69, 9.17) is 24.9 Å². The highest BCUT2D eigenvalue weighted by Crippen LogP contribution is 2.50. The monoisotopic (exact) mass is 896 g/mol. The van der Waals surface area contributed by atoms with Crippen LogP contribution in [0.15, 0.2) is 220 Å². The molecule has 0 aliphatic carbocycles. The minimum atomic E-state index is 0.734. The first-order valence-electron chi connectivity index (χ1n) is 23.2. The number of benzene rings is 5. The molecule has 0 radical (unpaired) electrons. The average molecular weight is 897 g/mol. The molecule has 0 aliphatic heterocycles. The first-order chi connectivity index (χ1) is 34.8. The summed E-state index contributed by atoms with van der Waals surface area (Å²) in [6.07, 6.45) is 19.2. The number of pyridine rings is 6. The lowest BCUT2D eigenvalue weighted by Crippen LogP contribution is -2.16. The van der Waals surface area contributed by atoms with E-state index >= 15 is 0 Å². The normalized spacial score (nSPS) is 12.0. The van der Waals surface area contributed by atoms with Crippen molar-refractivity contribution >= 4 is 87.2 Å². The second-order valence-corrected chi connectivity index (χ2v) is 17.6. The van der Waals surface area contributed by atoms with Crippen molar-refractivity contribution in [2.24, 2.45) is 0 Å². The summed E-state index contributed by atoms with van der Waals surface area (Å²) in [5.74, 6) is 1.47. The Morgan fingerprint density at radius 1 is 0.257 bits per heavy atom. The Hall–Kier alpha value is -9.80. The van der Waals surface area contributed by atoms with Crippen LogP contribution < -0.4 is 0 Å². The molecule has 0 saturated carbocycles. The number of fused-ring (bicyclic) bond motifs is 12. The topological polar surface area (TPSA) is 97.1 Å². The highest BCUT2D eigenvalue weighted by Gasteiger charge is 2.33. The molecule has 0 saturated heterocycles. The van der Waals surface area contributed by atoms with Gasteiger partial charge in [0.05, 0.1) is 44.1 Å². The van der Waals surface area contributed by atoms with Gasteiger partial charge in [-0.25, -0.2) is 4.98 Å². The third-order valence-electron chi connectivity index (χ3n) is 14.1. The van der Waals surface area contributed by atoms with Crippen molar-refractivity contribution in [2.45, 2.75) is 0 Å². The van der Waals surface area contributed by atoms with Gasteiger partial charge in [0, 0.05) is 111 Å². The zero-order chi connectivity index (χ0) is 45.9. The van der Waals surface area contributed by atoms with Crippen LogP contribution in [0.25, 0.3) is 132 Å². The number of para-hydroxylation sites is 4. The van der Waals surface area contributed by atoms with E-state index in [-0.39, 0.29) is 0 Å². The summed E-state index contributed by atoms with van der Waals surface area (Å²) in [6, 6.07) is 55.9. The van der Waals surface area contributed by atoms with Crippen LogP contribution in [0.2, 0.25) is 0 Å². The van der Waals surface area contributed by atoms with Crippen LogP contribution in [0.3, 0.4) is 0 Å². The van der Waals surface area contributed by atoms with Gasteiger partial charge in [0.1, 0.15) is 11.4 Å². The van der Waals surface area contributed by atoms with Crippen molar-refractivity contribution in [3.63, 3.8) is 0 Å². The van der Waals surface area contributed by atoms with Gasteiger partial charge < -0.3 is 9.13 Å². The van der Waals surface area contributed by atoms with Gasteiger partial charge in [0.2, 0.25) is 0 Å². The van der Waals surface area contributed by atoms with Crippen LogP contribution in [0.1, 0.15) is 0 Å². The van der Waals surface area contributed by atoms with Gasteiger partial charge >= 0.3 is 0 Å². The first-order valence-corrected chi connectivity index (χ1v) is 23.2. The molecule has 0 N–H and O–H groups in total. The zero-order valence-electron chi connectivity index (χ0n) is 37.3. The summed E-state index contributed by atoms with van der Waals surface area (Å²) in [7, 11) is 0. The lowest BCUT2D eigenvalue weighted by Gasteiger charge is -2.27. The fourth-order valence-corrected chi connectivity index (χ4v) is 11.2. The highest BCUT2D eigenvalue weighted by molar-refractivity contribution is 6.16. The lowest BCUT2D eigenvalue weighted by molar-refractivity contribution is 0.960. The molecule has 70 heavy (non-hydrogen) atoms. The summed E-state index contributed by atoms with van der Waals surface area (Å²) >= 11 is 0. The van der Waals surface area contributed by atoms with Gasteiger partial charge in [0.15, 0.2) is 11.6 Å². The van der Waals surface area contributed by atoms with Gasteiger partial charge in [-0.05, 0) is 77.4 Å². The van der Waals surface area contributed by atoms with Crippen LogP contribution in [0, 0.1) is 0 Å². The number of hydrogen-bond donors (Lipinski definition) is 0. The summed E-state index contributed by atoms with van der Waals surface area (Å²) in [5.41, 5.74) is 13.8. The van der Waals surface area contributed by atoms with Crippen molar-refractivity contribution in [3.8, 4) is 45.3 Å². The molecule has 0 amide bonds. The summed E-state index contributed by atoms with van der Waals surface area (Å²) < 4.78 is 9.54. The molecule has 0 aliphatic rings. The number of aromatic nitrogens is 10. The van der Waals surface area contributed by atoms with Gasteiger partial charge in [-0.3, -0.25) is 34.1 Å². The number of hydrogen-bond acceptors (Lipinski definition) is 6. The van der Waals surface area contributed by atoms with Gasteiger partial charge in [-0.2, -0.15) is 0 Å². The molecule has 10 heterocycles. The van der Waals surface area contributed by atoms with Crippen molar-refractivity contribution in [3.05, 3.63) is 220 Å². The van der Waals surface area contributed by atoms with Crippen molar-refractivity contribution in [1.29, 1.82) is 0 Å². The minimum Gasteiger partial charge on any atom is -0.305 e. The van der Waals surface area contributed by atoms with Crippen LogP contribution in [-0.2, 0) is 0 Å². The van der Waals surface area contributed by atoms with Gasteiger partial charge in [-0.1, -0.05) is 97.1 Å². The molecule has 5 aromatic carbocycles. The summed E-state index contributed by atoms with van der Waals surface area (Å²) in [6.45, 7) is 0. The third-order valence-corrected chi connectivity index (χ3v) is 14.1. The SMILES string of the molecule is c1ccc(-c2c(-n3c4ccccc4c4cnccc43)c(-n3c4ccccc4c4cnccc43)nc(-n3c4ccccc4c4cnccc43)c2-n2c3ccccc3c3cnccc32)c(-c2ccncc2)c1. The minimum absolute atomic E-state index is 0.734. The van der Waals surface area contributed by atoms with E-state index in [0.717, 1.165) is 132 Å². The standard InChI is InChI=1S/C60H36N10/c1-2-16-43(38(11-1)37-21-27-61-28-22-37)56-57(67-48-17-7-3-12-39(48)44-33-62-29-23-52(44)67)59(69-50-19-9-5-14-41(50)46-35-64-31-25-54(46)69)66-60(70-51-20-10-6-15-42(51)47-36-65-32-26-55(47)70)58(56)68-49-18-8-4-13-40(49)45-34-63-30-24-53(45)68/h1-36H. The molecule has 10 aromatic heterocycles. The number of rotatable bonds is 6. The molecule has 10 heteroatoms. The molecular formula is C60H36N10. The van der Waals surface area contributed by atoms with Crippen LogP contribution in [0.5, 0.6) is 0 Å². The molecule has 0 unspecified atom stereocenters. The second-order valence-electron chi connectivity index (χ2n) is 17.6. The van der Waals surface area contributed by atoms with Crippen molar-refractivity contribution < 1.29 is 0 Å². The van der Waals surface area contributed by atoms with E-state index in [0.29, 0.717) is 0 Å². The van der Waals surface area contributed by atoms with E-state index in [1.807, 2.05) is 62.0 Å². The summed E-state index contributed by atoms with van der Waals surface area (Å²) in [5, 5.41) is 8.44. The van der Waals surface area contributed by atoms with Crippen LogP contribution >= 0.6 is 0 Å². The van der Waals surface area contributed by atoms with E-state index in [1.165, 1.54) is 0 Å². The first kappa shape index (κ1) is 38.3. The van der Waals surface area contributed by atoms with Crippen LogP contribution in [0.4, 0.5) is 0 Å². The third kappa shape index (κ3) is 5.32. The fourth-order valence-electron chi connectivity index (χ4n) is 11.2.